The van der Waals surface area contributed by atoms with Crippen LogP contribution in [0.5, 0.6) is 5.75 Å². The lowest BCUT2D eigenvalue weighted by atomic mass is 10.2. The van der Waals surface area contributed by atoms with E-state index in [0.717, 1.165) is 29.1 Å². The van der Waals surface area contributed by atoms with Gasteiger partial charge >= 0.3 is 0 Å². The lowest BCUT2D eigenvalue weighted by Crippen LogP contribution is -2.13. The van der Waals surface area contributed by atoms with Gasteiger partial charge in [-0.15, -0.1) is 22.7 Å². The van der Waals surface area contributed by atoms with Gasteiger partial charge in [-0.05, 0) is 54.6 Å². The fourth-order valence-corrected chi connectivity index (χ4v) is 8.12. The predicted octanol–water partition coefficient (Wildman–Crippen LogP) is 7.88. The Hall–Kier alpha value is -4.43. The first-order valence-electron chi connectivity index (χ1n) is 13.3. The van der Waals surface area contributed by atoms with Crippen LogP contribution < -0.4 is 10.6 Å². The second kappa shape index (κ2) is 12.3. The molecule has 218 valence electrons. The standard InChI is InChI=1S/C31H21N5O4S4/c37-23-14-18(33-28(39)16-42-31-36-21-6-2-4-8-26(21)44-31)9-11-19(23)29-34-22-13-17(10-12-24(22)40-29)32-27(38)15-41-30-35-20-5-1-3-7-25(20)43-30/h1-14,37H,15-16H2,(H,32,38)(H,33,39). The zero-order chi connectivity index (χ0) is 30.0. The summed E-state index contributed by atoms with van der Waals surface area (Å²) < 4.78 is 9.69. The van der Waals surface area contributed by atoms with Crippen molar-refractivity contribution < 1.29 is 19.1 Å². The number of aromatic hydroxyl groups is 1. The topological polar surface area (TPSA) is 130 Å². The van der Waals surface area contributed by atoms with Crippen LogP contribution >= 0.6 is 46.2 Å². The summed E-state index contributed by atoms with van der Waals surface area (Å²) in [6.45, 7) is 0. The molecule has 0 atom stereocenters. The van der Waals surface area contributed by atoms with Crippen LogP contribution in [-0.4, -0.2) is 43.4 Å². The number of hydrogen-bond donors (Lipinski definition) is 3. The maximum Gasteiger partial charge on any atom is 0.234 e. The third kappa shape index (κ3) is 6.26. The molecule has 0 fully saturated rings. The molecule has 0 bridgehead atoms. The highest BCUT2D eigenvalue weighted by atomic mass is 32.2. The van der Waals surface area contributed by atoms with Gasteiger partial charge in [0.2, 0.25) is 17.7 Å². The fraction of sp³-hybridized carbons (Fsp3) is 0.0645. The number of hydrogen-bond acceptors (Lipinski definition) is 11. The summed E-state index contributed by atoms with van der Waals surface area (Å²) in [6, 6.07) is 25.7. The van der Waals surface area contributed by atoms with Crippen LogP contribution in [0.25, 0.3) is 43.0 Å². The molecule has 4 aromatic carbocycles. The van der Waals surface area contributed by atoms with Crippen LogP contribution in [0.4, 0.5) is 11.4 Å². The molecule has 2 amide bonds. The van der Waals surface area contributed by atoms with E-state index in [2.05, 4.69) is 25.6 Å². The monoisotopic (exact) mass is 655 g/mol. The molecule has 9 nitrogen and oxygen atoms in total. The molecule has 7 rings (SSSR count). The minimum absolute atomic E-state index is 0.0893. The minimum atomic E-state index is -0.212. The van der Waals surface area contributed by atoms with Crippen LogP contribution in [0.2, 0.25) is 0 Å². The quantitative estimate of drug-likeness (QED) is 0.133. The molecule has 0 aliphatic carbocycles. The number of oxazole rings is 1. The highest BCUT2D eigenvalue weighted by Crippen LogP contribution is 2.35. The van der Waals surface area contributed by atoms with Gasteiger partial charge < -0.3 is 20.2 Å². The van der Waals surface area contributed by atoms with Gasteiger partial charge in [0.25, 0.3) is 0 Å². The number of carbonyl (C=O) groups is 2. The van der Waals surface area contributed by atoms with Crippen LogP contribution in [0.1, 0.15) is 0 Å². The largest absolute Gasteiger partial charge is 0.507 e. The molecular weight excluding hydrogens is 635 g/mol. The highest BCUT2D eigenvalue weighted by Gasteiger charge is 2.16. The Morgan fingerprint density at radius 1 is 0.705 bits per heavy atom. The molecule has 44 heavy (non-hydrogen) atoms. The molecule has 13 heteroatoms. The van der Waals surface area contributed by atoms with Crippen molar-refractivity contribution in [3.8, 4) is 17.2 Å². The molecule has 3 aromatic heterocycles. The molecule has 3 heterocycles. The van der Waals surface area contributed by atoms with Crippen LogP contribution in [0, 0.1) is 0 Å². The average molecular weight is 656 g/mol. The SMILES string of the molecule is O=C(CSc1nc2ccccc2s1)Nc1ccc(-c2nc3cc(NC(=O)CSc4nc5ccccc5s4)ccc3o2)c(O)c1. The number of carbonyl (C=O) groups excluding carboxylic acids is 2. The van der Waals surface area contributed by atoms with E-state index < -0.39 is 0 Å². The number of anilines is 2. The number of thioether (sulfide) groups is 2. The third-order valence-corrected chi connectivity index (χ3v) is 10.7. The molecule has 0 aliphatic heterocycles. The Bertz CT molecular complexity index is 2110. The number of fused-ring (bicyclic) bond motifs is 3. The van der Waals surface area contributed by atoms with E-state index in [9.17, 15) is 14.7 Å². The van der Waals surface area contributed by atoms with E-state index in [-0.39, 0.29) is 35.0 Å². The first-order chi connectivity index (χ1) is 21.5. The molecule has 0 spiro atoms. The second-order valence-electron chi connectivity index (χ2n) is 9.50. The van der Waals surface area contributed by atoms with Crippen molar-refractivity contribution >= 4 is 101 Å². The molecule has 0 saturated heterocycles. The second-order valence-corrected chi connectivity index (χ2v) is 14.0. The van der Waals surface area contributed by atoms with Gasteiger partial charge in [0.05, 0.1) is 37.5 Å². The first-order valence-corrected chi connectivity index (χ1v) is 16.9. The van der Waals surface area contributed by atoms with Crippen molar-refractivity contribution in [1.82, 2.24) is 15.0 Å². The van der Waals surface area contributed by atoms with Gasteiger partial charge in [0, 0.05) is 17.4 Å². The van der Waals surface area contributed by atoms with Gasteiger partial charge in [-0.3, -0.25) is 9.59 Å². The number of phenols is 1. The van der Waals surface area contributed by atoms with Crippen molar-refractivity contribution in [1.29, 1.82) is 0 Å². The number of amides is 2. The van der Waals surface area contributed by atoms with Crippen LogP contribution in [-0.2, 0) is 9.59 Å². The summed E-state index contributed by atoms with van der Waals surface area (Å²) in [5.74, 6) is 0.166. The third-order valence-electron chi connectivity index (χ3n) is 6.39. The molecule has 0 unspecified atom stereocenters. The van der Waals surface area contributed by atoms with Gasteiger partial charge in [-0.2, -0.15) is 0 Å². The number of thiazole rings is 2. The van der Waals surface area contributed by atoms with Crippen molar-refractivity contribution in [2.24, 2.45) is 0 Å². The summed E-state index contributed by atoms with van der Waals surface area (Å²) in [5, 5.41) is 16.4. The molecular formula is C31H21N5O4S4. The van der Waals surface area contributed by atoms with E-state index in [1.807, 2.05) is 48.5 Å². The number of para-hydroxylation sites is 2. The Labute approximate surface area is 266 Å². The van der Waals surface area contributed by atoms with Crippen molar-refractivity contribution in [2.75, 3.05) is 22.1 Å². The Morgan fingerprint density at radius 3 is 1.86 bits per heavy atom. The Kier molecular flexibility index (Phi) is 7.91. The van der Waals surface area contributed by atoms with Crippen molar-refractivity contribution in [2.45, 2.75) is 8.68 Å². The Balaban J connectivity index is 0.966. The molecule has 0 saturated carbocycles. The van der Waals surface area contributed by atoms with Crippen LogP contribution in [0.15, 0.2) is 98.0 Å². The van der Waals surface area contributed by atoms with Crippen LogP contribution in [0.3, 0.4) is 0 Å². The first kappa shape index (κ1) is 28.3. The van der Waals surface area contributed by atoms with Crippen molar-refractivity contribution in [3.05, 3.63) is 84.9 Å². The lowest BCUT2D eigenvalue weighted by Gasteiger charge is -2.07. The zero-order valence-corrected chi connectivity index (χ0v) is 25.9. The summed E-state index contributed by atoms with van der Waals surface area (Å²) in [4.78, 5) is 38.7. The summed E-state index contributed by atoms with van der Waals surface area (Å²) >= 11 is 5.86. The van der Waals surface area contributed by atoms with Gasteiger partial charge in [-0.25, -0.2) is 15.0 Å². The molecule has 7 aromatic rings. The number of nitrogens with one attached hydrogen (secondary N) is 2. The number of phenolic OH excluding ortho intramolecular Hbond substituents is 1. The number of aromatic nitrogens is 3. The minimum Gasteiger partial charge on any atom is -0.507 e. The molecule has 0 aliphatic rings. The summed E-state index contributed by atoms with van der Waals surface area (Å²) in [5.41, 5.74) is 4.28. The van der Waals surface area contributed by atoms with E-state index in [0.29, 0.717) is 28.0 Å². The van der Waals surface area contributed by atoms with Gasteiger partial charge in [0.1, 0.15) is 11.3 Å². The van der Waals surface area contributed by atoms with Gasteiger partial charge in [0.15, 0.2) is 14.3 Å². The average Bonchev–Trinajstić information content (AvgIpc) is 3.75. The van der Waals surface area contributed by atoms with E-state index >= 15 is 0 Å². The van der Waals surface area contributed by atoms with E-state index in [1.165, 1.54) is 29.6 Å². The van der Waals surface area contributed by atoms with E-state index in [4.69, 9.17) is 4.42 Å². The maximum absolute atomic E-state index is 12.6. The zero-order valence-electron chi connectivity index (χ0n) is 22.6. The van der Waals surface area contributed by atoms with E-state index in [1.54, 1.807) is 53.0 Å². The van der Waals surface area contributed by atoms with Gasteiger partial charge in [-0.1, -0.05) is 47.8 Å². The lowest BCUT2D eigenvalue weighted by molar-refractivity contribution is -0.114. The maximum atomic E-state index is 12.6. The summed E-state index contributed by atoms with van der Waals surface area (Å²) in [7, 11) is 0. The Morgan fingerprint density at radius 2 is 1.27 bits per heavy atom. The van der Waals surface area contributed by atoms with Crippen molar-refractivity contribution in [3.63, 3.8) is 0 Å². The normalized spacial score (nSPS) is 11.4. The fourth-order valence-electron chi connectivity index (χ4n) is 4.38. The predicted molar refractivity (Wildman–Crippen MR) is 179 cm³/mol. The molecule has 3 N–H and O–H groups in total. The number of nitrogens with zero attached hydrogens (tertiary/aromatic N) is 3. The number of rotatable bonds is 9. The highest BCUT2D eigenvalue weighted by molar-refractivity contribution is 8.02. The molecule has 0 radical (unpaired) electrons. The smallest absolute Gasteiger partial charge is 0.234 e. The summed E-state index contributed by atoms with van der Waals surface area (Å²) in [6.07, 6.45) is 0. The number of benzene rings is 4.